The van der Waals surface area contributed by atoms with Crippen molar-refractivity contribution >= 4 is 0 Å². The van der Waals surface area contributed by atoms with Crippen molar-refractivity contribution in [2.75, 3.05) is 6.61 Å². The van der Waals surface area contributed by atoms with Gasteiger partial charge in [-0.1, -0.05) is 5.21 Å². The Kier molecular flexibility index (Phi) is 5.98. The molecule has 0 aliphatic carbocycles. The number of aliphatic hydroxyl groups is 4. The molecule has 0 unspecified atom stereocenters. The number of aromatic hydroxyl groups is 3. The second kappa shape index (κ2) is 8.26. The minimum atomic E-state index is -1.54. The van der Waals surface area contributed by atoms with E-state index in [0.717, 1.165) is 0 Å². The molecule has 0 amide bonds. The van der Waals surface area contributed by atoms with Crippen LogP contribution in [0.15, 0.2) is 18.3 Å². The summed E-state index contributed by atoms with van der Waals surface area (Å²) in [6.45, 7) is -0.573. The Hall–Kier alpha value is -2.48. The maximum absolute atomic E-state index is 9.92. The van der Waals surface area contributed by atoms with Crippen LogP contribution in [0.5, 0.6) is 17.2 Å². The van der Waals surface area contributed by atoms with Crippen LogP contribution in [0.25, 0.3) is 0 Å². The number of hydrogen-bond acceptors (Lipinski definition) is 11. The summed E-state index contributed by atoms with van der Waals surface area (Å²) in [5.41, 5.74) is 0.809. The number of rotatable bonds is 6. The molecule has 1 aromatic carbocycles. The van der Waals surface area contributed by atoms with Crippen LogP contribution in [-0.4, -0.2) is 88.1 Å². The van der Waals surface area contributed by atoms with Crippen molar-refractivity contribution in [2.45, 2.75) is 43.9 Å². The van der Waals surface area contributed by atoms with Crippen LogP contribution in [0.1, 0.15) is 11.3 Å². The highest BCUT2D eigenvalue weighted by Gasteiger charge is 2.44. The first-order valence-electron chi connectivity index (χ1n) is 8.35. The topological polar surface area (TPSA) is 191 Å². The van der Waals surface area contributed by atoms with Crippen LogP contribution >= 0.6 is 0 Å². The van der Waals surface area contributed by atoms with E-state index in [0.29, 0.717) is 11.3 Å². The minimum Gasteiger partial charge on any atom is -0.504 e. The first-order valence-corrected chi connectivity index (χ1v) is 8.35. The Morgan fingerprint density at radius 1 is 1.04 bits per heavy atom. The number of phenolic OH excluding ortho intramolecular Hbond substituents is 3. The van der Waals surface area contributed by atoms with Gasteiger partial charge in [0.25, 0.3) is 0 Å². The number of ether oxygens (including phenoxy) is 2. The average Bonchev–Trinajstić information content (AvgIpc) is 3.11. The zero-order valence-electron chi connectivity index (χ0n) is 14.5. The highest BCUT2D eigenvalue weighted by molar-refractivity contribution is 5.51. The van der Waals surface area contributed by atoms with E-state index >= 15 is 0 Å². The van der Waals surface area contributed by atoms with Crippen molar-refractivity contribution in [2.24, 2.45) is 0 Å². The third-order valence-electron chi connectivity index (χ3n) is 4.30. The van der Waals surface area contributed by atoms with E-state index in [-0.39, 0.29) is 13.2 Å². The molecule has 1 saturated heterocycles. The normalized spacial score (nSPS) is 27.8. The predicted octanol–water partition coefficient (Wildman–Crippen LogP) is -2.24. The zero-order valence-corrected chi connectivity index (χ0v) is 14.5. The van der Waals surface area contributed by atoms with Gasteiger partial charge in [-0.05, 0) is 17.7 Å². The Balaban J connectivity index is 1.60. The Morgan fingerprint density at radius 2 is 1.71 bits per heavy atom. The molecule has 0 spiro atoms. The van der Waals surface area contributed by atoms with Gasteiger partial charge < -0.3 is 45.2 Å². The number of phenols is 3. The monoisotopic (exact) mass is 399 g/mol. The molecule has 5 atom stereocenters. The third kappa shape index (κ3) is 4.16. The summed E-state index contributed by atoms with van der Waals surface area (Å²) in [7, 11) is 0. The molecule has 1 fully saturated rings. The zero-order chi connectivity index (χ0) is 20.4. The minimum absolute atomic E-state index is 0.133. The van der Waals surface area contributed by atoms with Crippen molar-refractivity contribution in [1.82, 2.24) is 15.0 Å². The smallest absolute Gasteiger partial charge is 0.200 e. The lowest BCUT2D eigenvalue weighted by Crippen LogP contribution is -2.59. The molecule has 1 aliphatic rings. The lowest BCUT2D eigenvalue weighted by Gasteiger charge is -2.39. The molecule has 3 rings (SSSR count). The van der Waals surface area contributed by atoms with Gasteiger partial charge in [0, 0.05) is 0 Å². The van der Waals surface area contributed by atoms with E-state index in [9.17, 15) is 30.6 Å². The summed E-state index contributed by atoms with van der Waals surface area (Å²) in [5.74, 6) is -1.56. The fourth-order valence-corrected chi connectivity index (χ4v) is 2.79. The molecular weight excluding hydrogens is 378 g/mol. The number of hydrogen-bond donors (Lipinski definition) is 7. The van der Waals surface area contributed by atoms with Gasteiger partial charge >= 0.3 is 0 Å². The number of nitrogens with zero attached hydrogens (tertiary/aromatic N) is 3. The van der Waals surface area contributed by atoms with Gasteiger partial charge in [-0.15, -0.1) is 5.10 Å². The molecule has 0 saturated carbocycles. The maximum Gasteiger partial charge on any atom is 0.200 e. The SMILES string of the molecule is OC[C@H]1O[C@@H](OCc2cn(Cc3cc(O)c(O)c(O)c3)nn2)[C@H](O)[C@@H](O)[C@@H]1O. The molecule has 7 N–H and O–H groups in total. The van der Waals surface area contributed by atoms with E-state index in [1.54, 1.807) is 0 Å². The number of aliphatic hydroxyl groups excluding tert-OH is 4. The van der Waals surface area contributed by atoms with E-state index in [2.05, 4.69) is 10.3 Å². The van der Waals surface area contributed by atoms with Gasteiger partial charge in [-0.25, -0.2) is 4.68 Å². The average molecular weight is 399 g/mol. The Bertz CT molecular complexity index is 789. The Morgan fingerprint density at radius 3 is 2.36 bits per heavy atom. The highest BCUT2D eigenvalue weighted by Crippen LogP contribution is 2.35. The second-order valence-corrected chi connectivity index (χ2v) is 6.40. The van der Waals surface area contributed by atoms with Crippen LogP contribution in [0, 0.1) is 0 Å². The van der Waals surface area contributed by atoms with Gasteiger partial charge in [-0.3, -0.25) is 0 Å². The van der Waals surface area contributed by atoms with E-state index in [1.807, 2.05) is 0 Å². The van der Waals surface area contributed by atoms with E-state index < -0.39 is 54.6 Å². The summed E-state index contributed by atoms with van der Waals surface area (Å²) >= 11 is 0. The Labute approximate surface area is 158 Å². The fourth-order valence-electron chi connectivity index (χ4n) is 2.79. The first-order chi connectivity index (χ1) is 13.3. The molecule has 154 valence electrons. The summed E-state index contributed by atoms with van der Waals surface area (Å²) < 4.78 is 12.0. The van der Waals surface area contributed by atoms with E-state index in [4.69, 9.17) is 14.6 Å². The van der Waals surface area contributed by atoms with Gasteiger partial charge in [-0.2, -0.15) is 0 Å². The molecule has 28 heavy (non-hydrogen) atoms. The van der Waals surface area contributed by atoms with Crippen LogP contribution in [-0.2, 0) is 22.6 Å². The molecule has 1 aromatic heterocycles. The standard InChI is InChI=1S/C16H21N3O9/c20-5-11-13(24)14(25)15(26)16(28-11)27-6-8-4-19(18-17-8)3-7-1-9(21)12(23)10(22)2-7/h1-2,4,11,13-16,20-26H,3,5-6H2/t11-,13-,14+,15-,16-/m1/s1. The summed E-state index contributed by atoms with van der Waals surface area (Å²) in [4.78, 5) is 0. The van der Waals surface area contributed by atoms with Gasteiger partial charge in [0.2, 0.25) is 0 Å². The molecule has 2 aromatic rings. The maximum atomic E-state index is 9.92. The van der Waals surface area contributed by atoms with Gasteiger partial charge in [0.15, 0.2) is 23.5 Å². The van der Waals surface area contributed by atoms with Crippen molar-refractivity contribution in [3.63, 3.8) is 0 Å². The molecule has 12 nitrogen and oxygen atoms in total. The molecule has 0 bridgehead atoms. The van der Waals surface area contributed by atoms with Crippen molar-refractivity contribution in [1.29, 1.82) is 0 Å². The second-order valence-electron chi connectivity index (χ2n) is 6.40. The fraction of sp³-hybridized carbons (Fsp3) is 0.500. The lowest BCUT2D eigenvalue weighted by atomic mass is 9.99. The number of aromatic nitrogens is 3. The molecule has 0 radical (unpaired) electrons. The quantitative estimate of drug-likeness (QED) is 0.260. The van der Waals surface area contributed by atoms with E-state index in [1.165, 1.54) is 23.0 Å². The van der Waals surface area contributed by atoms with Crippen molar-refractivity contribution in [3.05, 3.63) is 29.6 Å². The first kappa shape index (κ1) is 20.3. The van der Waals surface area contributed by atoms with Crippen molar-refractivity contribution < 1.29 is 45.2 Å². The molecule has 2 heterocycles. The van der Waals surface area contributed by atoms with Crippen LogP contribution in [0.2, 0.25) is 0 Å². The molecular formula is C16H21N3O9. The lowest BCUT2D eigenvalue weighted by molar-refractivity contribution is -0.304. The van der Waals surface area contributed by atoms with Crippen LogP contribution < -0.4 is 0 Å². The molecule has 1 aliphatic heterocycles. The number of benzene rings is 1. The van der Waals surface area contributed by atoms with Crippen LogP contribution in [0.4, 0.5) is 0 Å². The molecule has 12 heteroatoms. The highest BCUT2D eigenvalue weighted by atomic mass is 16.7. The van der Waals surface area contributed by atoms with Gasteiger partial charge in [0.1, 0.15) is 30.1 Å². The summed E-state index contributed by atoms with van der Waals surface area (Å²) in [6.07, 6.45) is -5.39. The van der Waals surface area contributed by atoms with Crippen molar-refractivity contribution in [3.8, 4) is 17.2 Å². The summed E-state index contributed by atoms with van der Waals surface area (Å²) in [5, 5.41) is 74.7. The van der Waals surface area contributed by atoms with Gasteiger partial charge in [0.05, 0.1) is 26.0 Å². The third-order valence-corrected chi connectivity index (χ3v) is 4.30. The van der Waals surface area contributed by atoms with Crippen LogP contribution in [0.3, 0.4) is 0 Å². The summed E-state index contributed by atoms with van der Waals surface area (Å²) in [6, 6.07) is 2.53. The largest absolute Gasteiger partial charge is 0.504 e. The predicted molar refractivity (Wildman–Crippen MR) is 89.1 cm³/mol.